The zero-order chi connectivity index (χ0) is 95.9. The molecule has 0 aliphatic carbocycles. The summed E-state index contributed by atoms with van der Waals surface area (Å²) in [6.07, 6.45) is 25.9. The van der Waals surface area contributed by atoms with Gasteiger partial charge in [0.1, 0.15) is 35.4 Å². The highest BCUT2D eigenvalue weighted by molar-refractivity contribution is 6.35. The van der Waals surface area contributed by atoms with E-state index in [1.807, 2.05) is 109 Å². The highest BCUT2D eigenvalue weighted by Gasteiger charge is 2.11. The van der Waals surface area contributed by atoms with Gasteiger partial charge in [-0.3, -0.25) is 14.6 Å². The Hall–Kier alpha value is -9.41. The molecule has 10 aromatic rings. The summed E-state index contributed by atoms with van der Waals surface area (Å²) in [4.78, 5) is 25.8. The Morgan fingerprint density at radius 1 is 0.364 bits per heavy atom. The Balaban J connectivity index is 0.000000495. The number of unbranched alkanes of at least 4 members (excludes halogenated alkanes) is 9. The third-order valence-corrected chi connectivity index (χ3v) is 20.7. The van der Waals surface area contributed by atoms with Crippen molar-refractivity contribution in [2.45, 2.75) is 294 Å². The number of benzene rings is 9. The molecule has 0 saturated heterocycles. The molecule has 1 amide bonds. The van der Waals surface area contributed by atoms with Gasteiger partial charge in [0.2, 0.25) is 5.91 Å². The quantitative estimate of drug-likeness (QED) is 0.0290. The predicted octanol–water partition coefficient (Wildman–Crippen LogP) is 34.4. The molecular weight excluding hydrogens is 1630 g/mol. The van der Waals surface area contributed by atoms with E-state index in [1.54, 1.807) is 26.2 Å². The number of pyridine rings is 1. The molecule has 0 bridgehead atoms. The molecule has 11 heteroatoms. The van der Waals surface area contributed by atoms with Crippen molar-refractivity contribution in [2.75, 3.05) is 25.6 Å². The SMILES string of the molecule is CC(=O)Nc1ccc(CC(C)C)cc1.CC(=O)c1ccc(CC(C)C)cc1.CC(C)=C(c1ccncc1)C(C)C.CC(C)Cc1ccc(OCc2ccccc2)cc1.CC(C)Cc1cccc(O)c1.CC(C)c1ccc(Cl)cc1Cl.CCCCCCCCCCOc1ccc(CC(C)C)cc1.CCCCCOc1ccc(CC(C)C)cc1.COc1cccc(CC(C)C)c1. The summed E-state index contributed by atoms with van der Waals surface area (Å²) in [5.74, 6) is 10.2. The fraction of sp³-hybridized carbons (Fsp3) is 0.466. The van der Waals surface area contributed by atoms with Crippen LogP contribution in [0.1, 0.15) is 309 Å². The first-order chi connectivity index (χ1) is 61.5. The number of Topliss-reactive ketones (excluding diaryl/α,β-unsaturated/α-hetero) is 1. The number of ketones is 1. The van der Waals surface area contributed by atoms with Crippen molar-refractivity contribution < 1.29 is 33.6 Å². The van der Waals surface area contributed by atoms with E-state index in [9.17, 15) is 9.59 Å². The number of allylic oxidation sites excluding steroid dienone is 2. The summed E-state index contributed by atoms with van der Waals surface area (Å²) in [7, 11) is 1.70. The number of rotatable bonds is 38. The molecule has 706 valence electrons. The minimum atomic E-state index is -0.0263. The second-order valence-electron chi connectivity index (χ2n) is 37.5. The number of hydrogen-bond acceptors (Lipinski definition) is 8. The third-order valence-electron chi connectivity index (χ3n) is 20.2. The molecule has 0 unspecified atom stereocenters. The number of carbonyl (C=O) groups excluding carboxylic acids is 2. The summed E-state index contributed by atoms with van der Waals surface area (Å²) in [5.41, 5.74) is 17.5. The lowest BCUT2D eigenvalue weighted by molar-refractivity contribution is -0.114. The monoisotopic (exact) mass is 1800 g/mol. The fourth-order valence-electron chi connectivity index (χ4n) is 14.2. The summed E-state index contributed by atoms with van der Waals surface area (Å²) in [6, 6.07) is 77.1. The van der Waals surface area contributed by atoms with Gasteiger partial charge in [-0.15, -0.1) is 0 Å². The number of phenols is 1. The van der Waals surface area contributed by atoms with E-state index in [2.05, 4.69) is 284 Å². The fourth-order valence-corrected chi connectivity index (χ4v) is 14.8. The van der Waals surface area contributed by atoms with Crippen LogP contribution in [-0.4, -0.2) is 42.1 Å². The number of amides is 1. The normalized spacial score (nSPS) is 10.6. The van der Waals surface area contributed by atoms with Gasteiger partial charge in [0.25, 0.3) is 0 Å². The van der Waals surface area contributed by atoms with E-state index >= 15 is 0 Å². The first-order valence-corrected chi connectivity index (χ1v) is 48.8. The molecule has 9 aromatic carbocycles. The minimum Gasteiger partial charge on any atom is -0.508 e. The number of hydrogen-bond donors (Lipinski definition) is 2. The zero-order valence-electron chi connectivity index (χ0n) is 84.2. The van der Waals surface area contributed by atoms with E-state index in [0.717, 1.165) is 115 Å². The highest BCUT2D eigenvalue weighted by Crippen LogP contribution is 2.29. The Labute approximate surface area is 795 Å². The first-order valence-electron chi connectivity index (χ1n) is 48.1. The van der Waals surface area contributed by atoms with Gasteiger partial charge in [0.05, 0.1) is 20.3 Å². The molecule has 10 rings (SSSR count). The van der Waals surface area contributed by atoms with Gasteiger partial charge in [-0.25, -0.2) is 0 Å². The highest BCUT2D eigenvalue weighted by atomic mass is 35.5. The van der Waals surface area contributed by atoms with Crippen LogP contribution >= 0.6 is 23.2 Å². The number of methoxy groups -OCH3 is 1. The molecule has 0 spiro atoms. The van der Waals surface area contributed by atoms with E-state index in [0.29, 0.717) is 64.7 Å². The van der Waals surface area contributed by atoms with E-state index in [-0.39, 0.29) is 11.7 Å². The average molecular weight is 1800 g/mol. The van der Waals surface area contributed by atoms with Crippen LogP contribution in [0, 0.1) is 47.3 Å². The Morgan fingerprint density at radius 3 is 1.12 bits per heavy atom. The standard InChI is InChI=1S/C20H34O.C17H20O.C15H24O.C12H17NO.C12H17N.C12H16O.C11H16O.C10H14O.C9H10Cl2/c1-4-5-6-7-8-9-10-11-16-21-20-14-12-19(13-15-20)17-18(2)3;1-14(2)12-15-8-10-17(11-9-15)18-13-16-6-4-3-5-7-16;1-4-5-6-11-16-15-9-7-14(8-10-15)12-13(2)3;1-9(2)8-11-4-6-12(7-5-11)13-10(3)14;1-9(2)12(10(3)4)11-5-7-13-8-6-11;1-9(2)8-11-4-6-12(7-5-11)10(3)13;1-9(2)7-10-5-4-6-11(8-10)12-3;1-8(2)6-9-4-3-5-10(11)7-9;1-6(2)8-4-3-7(10)5-9(8)11/h12-15,18H,4-11,16-17H2,1-3H3;3-11,14H,12-13H2,1-2H3;7-10,13H,4-6,11-12H2,1-3H3;4-7,9H,8H2,1-3H3,(H,13,14);5-9H,1-4H3;4-7,9H,8H2,1-3H3;4-6,8-9H,7H2,1-3H3;3-5,7-8,11H,6H2,1-2H3;3-6H,1-2H3. The van der Waals surface area contributed by atoms with Crippen molar-refractivity contribution in [3.8, 4) is 28.7 Å². The molecule has 9 nitrogen and oxygen atoms in total. The van der Waals surface area contributed by atoms with Crippen LogP contribution in [0.2, 0.25) is 10.0 Å². The van der Waals surface area contributed by atoms with Gasteiger partial charge in [0, 0.05) is 40.6 Å². The molecule has 129 heavy (non-hydrogen) atoms. The second kappa shape index (κ2) is 69.5. The summed E-state index contributed by atoms with van der Waals surface area (Å²) in [6.45, 7) is 54.0. The van der Waals surface area contributed by atoms with E-state index in [4.69, 9.17) is 47.3 Å². The minimum absolute atomic E-state index is 0.0263. The number of nitrogens with zero attached hydrogens (tertiary/aromatic N) is 1. The predicted molar refractivity (Wildman–Crippen MR) is 559 cm³/mol. The largest absolute Gasteiger partial charge is 0.508 e. The van der Waals surface area contributed by atoms with Crippen molar-refractivity contribution in [2.24, 2.45) is 47.3 Å². The summed E-state index contributed by atoms with van der Waals surface area (Å²) in [5, 5.41) is 13.3. The number of halogens is 2. The topological polar surface area (TPSA) is 116 Å². The van der Waals surface area contributed by atoms with Crippen LogP contribution < -0.4 is 24.3 Å². The molecule has 1 heterocycles. The van der Waals surface area contributed by atoms with Crippen molar-refractivity contribution in [1.82, 2.24) is 4.98 Å². The van der Waals surface area contributed by atoms with Crippen LogP contribution in [0.5, 0.6) is 28.7 Å². The summed E-state index contributed by atoms with van der Waals surface area (Å²) >= 11 is 11.7. The third kappa shape index (κ3) is 58.8. The van der Waals surface area contributed by atoms with Crippen molar-refractivity contribution in [3.63, 3.8) is 0 Å². The second-order valence-corrected chi connectivity index (χ2v) is 38.4. The van der Waals surface area contributed by atoms with E-state index < -0.39 is 0 Å². The van der Waals surface area contributed by atoms with E-state index in [1.165, 1.54) is 132 Å². The molecule has 0 saturated carbocycles. The molecule has 2 N–H and O–H groups in total. The lowest BCUT2D eigenvalue weighted by atomic mass is 9.92. The molecule has 0 fully saturated rings. The van der Waals surface area contributed by atoms with Crippen LogP contribution in [0.3, 0.4) is 0 Å². The van der Waals surface area contributed by atoms with Gasteiger partial charge in [0.15, 0.2) is 5.78 Å². The molecular formula is C118H168Cl2N2O7. The maximum absolute atomic E-state index is 11.0. The lowest BCUT2D eigenvalue weighted by Crippen LogP contribution is -2.05. The maximum atomic E-state index is 11.0. The molecule has 0 radical (unpaired) electrons. The van der Waals surface area contributed by atoms with Crippen molar-refractivity contribution >= 4 is 46.2 Å². The summed E-state index contributed by atoms with van der Waals surface area (Å²) < 4.78 is 22.4. The smallest absolute Gasteiger partial charge is 0.221 e. The van der Waals surface area contributed by atoms with Gasteiger partial charge in [-0.2, -0.15) is 0 Å². The van der Waals surface area contributed by atoms with Crippen LogP contribution in [0.4, 0.5) is 5.69 Å². The number of carbonyl (C=O) groups is 2. The molecule has 0 atom stereocenters. The van der Waals surface area contributed by atoms with Crippen molar-refractivity contribution in [3.05, 3.63) is 320 Å². The van der Waals surface area contributed by atoms with Gasteiger partial charge >= 0.3 is 0 Å². The Kier molecular flexibility index (Phi) is 62.3. The molecule has 0 aliphatic heterocycles. The van der Waals surface area contributed by atoms with Crippen molar-refractivity contribution in [1.29, 1.82) is 0 Å². The molecule has 0 aliphatic rings. The average Bonchev–Trinajstić information content (AvgIpc) is 0.864. The first kappa shape index (κ1) is 116. The zero-order valence-corrected chi connectivity index (χ0v) is 85.8. The number of phenolic OH excluding ortho intramolecular Hbond substituents is 1. The Bertz CT molecular complexity index is 4510. The van der Waals surface area contributed by atoms with Crippen LogP contribution in [-0.2, 0) is 56.3 Å². The number of aromatic hydroxyl groups is 1. The molecule has 1 aromatic heterocycles. The maximum Gasteiger partial charge on any atom is 0.221 e. The number of anilines is 1. The number of ether oxygens (including phenoxy) is 4. The van der Waals surface area contributed by atoms with Gasteiger partial charge in [-0.1, -0.05) is 358 Å². The van der Waals surface area contributed by atoms with Gasteiger partial charge < -0.3 is 29.4 Å². The Morgan fingerprint density at radius 2 is 0.736 bits per heavy atom. The van der Waals surface area contributed by atoms with Gasteiger partial charge in [-0.05, 0) is 290 Å². The number of nitrogens with one attached hydrogen (secondary N) is 1. The number of aromatic nitrogens is 1. The van der Waals surface area contributed by atoms with Crippen LogP contribution in [0.15, 0.2) is 248 Å². The lowest BCUT2D eigenvalue weighted by Gasteiger charge is -2.13. The van der Waals surface area contributed by atoms with Crippen LogP contribution in [0.25, 0.3) is 5.57 Å².